The second-order valence-electron chi connectivity index (χ2n) is 12.6. The van der Waals surface area contributed by atoms with Crippen molar-refractivity contribution in [1.82, 2.24) is 9.97 Å². The third-order valence-corrected chi connectivity index (χ3v) is 9.26. The van der Waals surface area contributed by atoms with E-state index >= 15 is 0 Å². The largest absolute Gasteiger partial charge is 0.417 e. The quantitative estimate of drug-likeness (QED) is 0.161. The van der Waals surface area contributed by atoms with Crippen molar-refractivity contribution in [3.05, 3.63) is 168 Å². The van der Waals surface area contributed by atoms with Gasteiger partial charge in [-0.05, 0) is 123 Å². The molecule has 0 aliphatic carbocycles. The van der Waals surface area contributed by atoms with Crippen molar-refractivity contribution in [3.8, 4) is 66.8 Å². The van der Waals surface area contributed by atoms with Crippen LogP contribution in [0.25, 0.3) is 66.8 Å². The number of aryl methyl sites for hydroxylation is 2. The van der Waals surface area contributed by atoms with Gasteiger partial charge >= 0.3 is 12.4 Å². The monoisotopic (exact) mass is 700 g/mol. The lowest BCUT2D eigenvalue weighted by Crippen LogP contribution is -2.10. The highest BCUT2D eigenvalue weighted by Crippen LogP contribution is 2.48. The van der Waals surface area contributed by atoms with E-state index in [1.165, 1.54) is 6.07 Å². The van der Waals surface area contributed by atoms with E-state index in [0.29, 0.717) is 16.7 Å². The Balaban J connectivity index is 1.58. The molecule has 0 aliphatic heterocycles. The Labute approximate surface area is 297 Å². The molecule has 7 rings (SSSR count). The van der Waals surface area contributed by atoms with E-state index in [1.54, 1.807) is 30.6 Å². The molecule has 52 heavy (non-hydrogen) atoms. The van der Waals surface area contributed by atoms with Gasteiger partial charge in [-0.3, -0.25) is 9.97 Å². The van der Waals surface area contributed by atoms with Crippen molar-refractivity contribution in [3.63, 3.8) is 0 Å². The number of halogens is 6. The van der Waals surface area contributed by atoms with Crippen LogP contribution in [0.2, 0.25) is 0 Å². The average molecular weight is 701 g/mol. The standard InChI is InChI=1S/C44H30F6N2/c1-27-13-14-31(39-25-51-19-17-28(39)2)21-33(27)36-23-35(30-11-7-4-8-12-30)37(24-34(36)29-9-5-3-6-10-29)38-22-32(15-16-41(38)43(45,46)47)40-26-52-20-18-42(40)44(48,49)50/h3-26H,1-2H3. The molecule has 0 aliphatic rings. The Morgan fingerprint density at radius 1 is 0.365 bits per heavy atom. The number of benzene rings is 5. The van der Waals surface area contributed by atoms with E-state index in [4.69, 9.17) is 0 Å². The molecular weight excluding hydrogens is 670 g/mol. The van der Waals surface area contributed by atoms with E-state index in [9.17, 15) is 26.3 Å². The van der Waals surface area contributed by atoms with E-state index in [1.807, 2.05) is 86.6 Å². The Morgan fingerprint density at radius 2 is 0.827 bits per heavy atom. The minimum Gasteiger partial charge on any atom is -0.264 e. The molecule has 0 radical (unpaired) electrons. The van der Waals surface area contributed by atoms with Gasteiger partial charge in [-0.2, -0.15) is 26.3 Å². The molecule has 0 saturated heterocycles. The second kappa shape index (κ2) is 13.6. The fourth-order valence-electron chi connectivity index (χ4n) is 6.66. The first kappa shape index (κ1) is 34.4. The van der Waals surface area contributed by atoms with Crippen molar-refractivity contribution in [2.45, 2.75) is 26.2 Å². The Hall–Kier alpha value is -6.02. The molecule has 2 heterocycles. The number of aromatic nitrogens is 2. The number of pyridine rings is 2. The van der Waals surface area contributed by atoms with Crippen LogP contribution in [-0.4, -0.2) is 9.97 Å². The highest BCUT2D eigenvalue weighted by atomic mass is 19.4. The van der Waals surface area contributed by atoms with Gasteiger partial charge in [0.2, 0.25) is 0 Å². The van der Waals surface area contributed by atoms with Crippen LogP contribution in [0.3, 0.4) is 0 Å². The number of hydrogen-bond donors (Lipinski definition) is 0. The van der Waals surface area contributed by atoms with Crippen LogP contribution < -0.4 is 0 Å². The predicted octanol–water partition coefficient (Wildman–Crippen LogP) is 13.1. The summed E-state index contributed by atoms with van der Waals surface area (Å²) in [5, 5.41) is 0. The van der Waals surface area contributed by atoms with Gasteiger partial charge in [-0.1, -0.05) is 78.9 Å². The Morgan fingerprint density at radius 3 is 1.40 bits per heavy atom. The smallest absolute Gasteiger partial charge is 0.264 e. The zero-order valence-electron chi connectivity index (χ0n) is 28.0. The van der Waals surface area contributed by atoms with Gasteiger partial charge in [0.15, 0.2) is 0 Å². The molecule has 2 aromatic heterocycles. The fourth-order valence-corrected chi connectivity index (χ4v) is 6.66. The lowest BCUT2D eigenvalue weighted by atomic mass is 9.82. The molecule has 258 valence electrons. The van der Waals surface area contributed by atoms with Gasteiger partial charge in [0.1, 0.15) is 0 Å². The molecule has 2 nitrogen and oxygen atoms in total. The van der Waals surface area contributed by atoms with Crippen LogP contribution >= 0.6 is 0 Å². The Bertz CT molecular complexity index is 2400. The number of nitrogens with zero attached hydrogens (tertiary/aromatic N) is 2. The van der Waals surface area contributed by atoms with Crippen molar-refractivity contribution in [2.75, 3.05) is 0 Å². The molecule has 0 unspecified atom stereocenters. The highest BCUT2D eigenvalue weighted by molar-refractivity contribution is 5.97. The second-order valence-corrected chi connectivity index (χ2v) is 12.6. The Kier molecular flexibility index (Phi) is 9.01. The summed E-state index contributed by atoms with van der Waals surface area (Å²) in [6.45, 7) is 3.99. The van der Waals surface area contributed by atoms with Gasteiger partial charge in [-0.25, -0.2) is 0 Å². The third kappa shape index (κ3) is 6.72. The predicted molar refractivity (Wildman–Crippen MR) is 194 cm³/mol. The fraction of sp³-hybridized carbons (Fsp3) is 0.0909. The summed E-state index contributed by atoms with van der Waals surface area (Å²) in [7, 11) is 0. The first-order valence-electron chi connectivity index (χ1n) is 16.4. The summed E-state index contributed by atoms with van der Waals surface area (Å²) >= 11 is 0. The van der Waals surface area contributed by atoms with E-state index in [0.717, 1.165) is 69.5 Å². The topological polar surface area (TPSA) is 25.8 Å². The minimum atomic E-state index is -4.82. The van der Waals surface area contributed by atoms with Crippen LogP contribution in [0.4, 0.5) is 26.3 Å². The van der Waals surface area contributed by atoms with Crippen LogP contribution in [-0.2, 0) is 12.4 Å². The molecule has 0 saturated carbocycles. The maximum absolute atomic E-state index is 14.9. The van der Waals surface area contributed by atoms with Crippen molar-refractivity contribution >= 4 is 0 Å². The molecule has 8 heteroatoms. The van der Waals surface area contributed by atoms with Gasteiger partial charge in [0.25, 0.3) is 0 Å². The molecule has 0 N–H and O–H groups in total. The van der Waals surface area contributed by atoms with Gasteiger partial charge in [0.05, 0.1) is 11.1 Å². The first-order chi connectivity index (χ1) is 24.9. The molecular formula is C44H30F6N2. The average Bonchev–Trinajstić information content (AvgIpc) is 3.14. The number of rotatable bonds is 6. The number of hydrogen-bond acceptors (Lipinski definition) is 2. The van der Waals surface area contributed by atoms with Gasteiger partial charge in [-0.15, -0.1) is 0 Å². The lowest BCUT2D eigenvalue weighted by Gasteiger charge is -2.22. The van der Waals surface area contributed by atoms with Crippen LogP contribution in [0.1, 0.15) is 22.3 Å². The SMILES string of the molecule is Cc1ccncc1-c1ccc(C)c(-c2cc(-c3ccccc3)c(-c3cc(-c4cnccc4C(F)(F)F)ccc3C(F)(F)F)cc2-c2ccccc2)c1. The highest BCUT2D eigenvalue weighted by Gasteiger charge is 2.37. The zero-order valence-corrected chi connectivity index (χ0v) is 28.0. The summed E-state index contributed by atoms with van der Waals surface area (Å²) < 4.78 is 87.2. The lowest BCUT2D eigenvalue weighted by molar-refractivity contribution is -0.138. The molecule has 0 fully saturated rings. The van der Waals surface area contributed by atoms with Crippen LogP contribution in [0, 0.1) is 13.8 Å². The normalized spacial score (nSPS) is 11.8. The van der Waals surface area contributed by atoms with Crippen molar-refractivity contribution < 1.29 is 26.3 Å². The maximum atomic E-state index is 14.9. The number of alkyl halides is 6. The molecule has 5 aromatic carbocycles. The zero-order chi connectivity index (χ0) is 36.6. The summed E-state index contributed by atoms with van der Waals surface area (Å²) in [6, 6.07) is 34.0. The minimum absolute atomic E-state index is 0.0387. The van der Waals surface area contributed by atoms with Crippen molar-refractivity contribution in [2.24, 2.45) is 0 Å². The first-order valence-corrected chi connectivity index (χ1v) is 16.4. The van der Waals surface area contributed by atoms with Crippen LogP contribution in [0.5, 0.6) is 0 Å². The molecule has 0 amide bonds. The summed E-state index contributed by atoms with van der Waals surface area (Å²) in [5.41, 5.74) is 5.73. The van der Waals surface area contributed by atoms with Crippen molar-refractivity contribution in [1.29, 1.82) is 0 Å². The molecule has 0 spiro atoms. The maximum Gasteiger partial charge on any atom is 0.417 e. The van der Waals surface area contributed by atoms with Gasteiger partial charge < -0.3 is 0 Å². The third-order valence-electron chi connectivity index (χ3n) is 9.26. The molecule has 0 bridgehead atoms. The molecule has 7 aromatic rings. The molecule has 0 atom stereocenters. The van der Waals surface area contributed by atoms with Gasteiger partial charge in [0, 0.05) is 35.9 Å². The van der Waals surface area contributed by atoms with E-state index in [2.05, 4.69) is 16.0 Å². The summed E-state index contributed by atoms with van der Waals surface area (Å²) in [4.78, 5) is 8.22. The summed E-state index contributed by atoms with van der Waals surface area (Å²) in [5.74, 6) is 0. The summed E-state index contributed by atoms with van der Waals surface area (Å²) in [6.07, 6.45) is -3.98. The van der Waals surface area contributed by atoms with E-state index in [-0.39, 0.29) is 22.3 Å². The van der Waals surface area contributed by atoms with Crippen LogP contribution in [0.15, 0.2) is 146 Å². The van der Waals surface area contributed by atoms with E-state index < -0.39 is 23.5 Å².